The molecule has 3 aromatic rings. The fourth-order valence-corrected chi connectivity index (χ4v) is 7.10. The predicted molar refractivity (Wildman–Crippen MR) is 133 cm³/mol. The molecule has 0 bridgehead atoms. The van der Waals surface area contributed by atoms with Crippen molar-refractivity contribution in [3.05, 3.63) is 100 Å². The van der Waals surface area contributed by atoms with Gasteiger partial charge < -0.3 is 4.90 Å². The molecule has 0 saturated carbocycles. The maximum atomic E-state index is 13.6. The van der Waals surface area contributed by atoms with Gasteiger partial charge in [0.25, 0.3) is 15.9 Å². The third-order valence-corrected chi connectivity index (χ3v) is 9.05. The quantitative estimate of drug-likeness (QED) is 0.481. The molecule has 6 nitrogen and oxygen atoms in total. The number of nitrogens with zero attached hydrogens (tertiary/aromatic N) is 3. The molecule has 2 aliphatic rings. The number of carbonyl (C=O) groups is 1. The molecule has 2 heterocycles. The zero-order chi connectivity index (χ0) is 23.0. The van der Waals surface area contributed by atoms with Crippen LogP contribution in [0.25, 0.3) is 0 Å². The van der Waals surface area contributed by atoms with Crippen LogP contribution in [0.1, 0.15) is 5.56 Å². The molecule has 166 valence electrons. The number of hydrogen-bond acceptors (Lipinski definition) is 6. The van der Waals surface area contributed by atoms with Gasteiger partial charge in [0.15, 0.2) is 5.17 Å². The van der Waals surface area contributed by atoms with Crippen LogP contribution in [0.2, 0.25) is 0 Å². The third kappa shape index (κ3) is 4.19. The van der Waals surface area contributed by atoms with E-state index in [1.807, 2.05) is 66.5 Å². The maximum absolute atomic E-state index is 13.6. The number of thioether (sulfide) groups is 2. The summed E-state index contributed by atoms with van der Waals surface area (Å²) in [5.74, 6) is -0.256. The highest BCUT2D eigenvalue weighted by Gasteiger charge is 2.40. The molecule has 1 saturated heterocycles. The highest BCUT2D eigenvalue weighted by Crippen LogP contribution is 2.50. The summed E-state index contributed by atoms with van der Waals surface area (Å²) in [6.45, 7) is 0.230. The van der Waals surface area contributed by atoms with Gasteiger partial charge in [-0.15, -0.1) is 4.40 Å². The van der Waals surface area contributed by atoms with Crippen molar-refractivity contribution in [3.8, 4) is 0 Å². The first-order valence-electron chi connectivity index (χ1n) is 10.1. The van der Waals surface area contributed by atoms with Crippen LogP contribution in [-0.2, 0) is 21.4 Å². The van der Waals surface area contributed by atoms with E-state index in [1.165, 1.54) is 28.8 Å². The van der Waals surface area contributed by atoms with E-state index in [9.17, 15) is 13.2 Å². The van der Waals surface area contributed by atoms with E-state index in [2.05, 4.69) is 4.40 Å². The molecule has 0 atom stereocenters. The van der Waals surface area contributed by atoms with Gasteiger partial charge in [-0.1, -0.05) is 72.4 Å². The predicted octanol–water partition coefficient (Wildman–Crippen LogP) is 4.92. The number of benzene rings is 3. The summed E-state index contributed by atoms with van der Waals surface area (Å²) < 4.78 is 30.1. The molecule has 0 spiro atoms. The highest BCUT2D eigenvalue weighted by atomic mass is 32.2. The fraction of sp³-hybridized carbons (Fsp3) is 0.0833. The van der Waals surface area contributed by atoms with Crippen molar-refractivity contribution in [2.24, 2.45) is 4.40 Å². The molecular weight excluding hydrogens is 474 g/mol. The summed E-state index contributed by atoms with van der Waals surface area (Å²) in [5.41, 5.74) is 1.90. The van der Waals surface area contributed by atoms with Crippen molar-refractivity contribution >= 4 is 50.3 Å². The molecule has 3 aromatic carbocycles. The zero-order valence-electron chi connectivity index (χ0n) is 17.6. The minimum absolute atomic E-state index is 0.0890. The molecule has 0 N–H and O–H groups in total. The Morgan fingerprint density at radius 2 is 1.48 bits per heavy atom. The first-order valence-corrected chi connectivity index (χ1v) is 13.2. The van der Waals surface area contributed by atoms with Crippen molar-refractivity contribution in [1.29, 1.82) is 0 Å². The van der Waals surface area contributed by atoms with Crippen LogP contribution >= 0.6 is 23.5 Å². The van der Waals surface area contributed by atoms with Gasteiger partial charge in [0.1, 0.15) is 4.91 Å². The average molecular weight is 494 g/mol. The first kappa shape index (κ1) is 21.8. The van der Waals surface area contributed by atoms with E-state index < -0.39 is 10.0 Å². The third-order valence-electron chi connectivity index (χ3n) is 5.22. The van der Waals surface area contributed by atoms with E-state index in [0.29, 0.717) is 4.91 Å². The van der Waals surface area contributed by atoms with Crippen LogP contribution in [0, 0.1) is 0 Å². The van der Waals surface area contributed by atoms with E-state index in [1.54, 1.807) is 18.2 Å². The van der Waals surface area contributed by atoms with Crippen LogP contribution in [0.4, 0.5) is 5.69 Å². The number of sulfonamides is 1. The van der Waals surface area contributed by atoms with Gasteiger partial charge in [0.2, 0.25) is 0 Å². The molecule has 5 rings (SSSR count). The number of amides is 1. The molecule has 2 aliphatic heterocycles. The number of hydrogen-bond donors (Lipinski definition) is 0. The zero-order valence-corrected chi connectivity index (χ0v) is 20.0. The van der Waals surface area contributed by atoms with Gasteiger partial charge in [-0.2, -0.15) is 8.42 Å². The van der Waals surface area contributed by atoms with Crippen molar-refractivity contribution in [3.63, 3.8) is 0 Å². The minimum atomic E-state index is -3.98. The topological polar surface area (TPSA) is 70.1 Å². The Bertz CT molecular complexity index is 1390. The highest BCUT2D eigenvalue weighted by molar-refractivity contribution is 8.19. The standard InChI is InChI=1S/C24H19N3O3S3/c1-26-19-14-8-9-15-20(19)31-23(26)21-22(28)27(16-17-10-4-2-5-11-17)24(32-21)25-33(29,30)18-12-6-3-7-13-18/h2-15H,16H2,1H3/b23-21+,25-24?. The Hall–Kier alpha value is -3.01. The number of anilines is 1. The van der Waals surface area contributed by atoms with Gasteiger partial charge in [-0.3, -0.25) is 9.69 Å². The Morgan fingerprint density at radius 1 is 0.848 bits per heavy atom. The molecule has 0 aromatic heterocycles. The van der Waals surface area contributed by atoms with Crippen LogP contribution in [-0.4, -0.2) is 31.4 Å². The average Bonchev–Trinajstić information content (AvgIpc) is 3.32. The largest absolute Gasteiger partial charge is 0.337 e. The monoisotopic (exact) mass is 493 g/mol. The van der Waals surface area contributed by atoms with Gasteiger partial charge in [-0.05, 0) is 41.6 Å². The van der Waals surface area contributed by atoms with Crippen LogP contribution in [0.3, 0.4) is 0 Å². The second kappa shape index (κ2) is 8.74. The van der Waals surface area contributed by atoms with Gasteiger partial charge in [0.05, 0.1) is 22.2 Å². The summed E-state index contributed by atoms with van der Waals surface area (Å²) in [6, 6.07) is 25.4. The van der Waals surface area contributed by atoms with Crippen LogP contribution < -0.4 is 4.90 Å². The molecule has 0 radical (unpaired) electrons. The Kier molecular flexibility index (Phi) is 5.77. The van der Waals surface area contributed by atoms with E-state index >= 15 is 0 Å². The maximum Gasteiger partial charge on any atom is 0.284 e. The number of amidine groups is 1. The number of carbonyl (C=O) groups excluding carboxylic acids is 1. The lowest BCUT2D eigenvalue weighted by Crippen LogP contribution is -2.29. The van der Waals surface area contributed by atoms with Crippen molar-refractivity contribution < 1.29 is 13.2 Å². The van der Waals surface area contributed by atoms with Gasteiger partial charge >= 0.3 is 0 Å². The van der Waals surface area contributed by atoms with E-state index in [0.717, 1.165) is 32.9 Å². The Labute approximate surface area is 201 Å². The van der Waals surface area contributed by atoms with Gasteiger partial charge in [-0.25, -0.2) is 0 Å². The van der Waals surface area contributed by atoms with Crippen molar-refractivity contribution in [1.82, 2.24) is 4.90 Å². The Morgan fingerprint density at radius 3 is 2.18 bits per heavy atom. The molecule has 9 heteroatoms. The molecule has 1 amide bonds. The molecule has 33 heavy (non-hydrogen) atoms. The SMILES string of the molecule is CN1/C(=C2\SC(=NS(=O)(=O)c3ccccc3)N(Cc3ccccc3)C2=O)Sc2ccccc21. The molecular formula is C24H19N3O3S3. The lowest BCUT2D eigenvalue weighted by Gasteiger charge is -2.16. The summed E-state index contributed by atoms with van der Waals surface area (Å²) in [5, 5.41) is 0.923. The summed E-state index contributed by atoms with van der Waals surface area (Å²) in [4.78, 5) is 18.6. The molecule has 0 aliphatic carbocycles. The normalized spacial score (nSPS) is 19.4. The smallest absolute Gasteiger partial charge is 0.284 e. The van der Waals surface area contributed by atoms with Crippen LogP contribution in [0.15, 0.2) is 109 Å². The van der Waals surface area contributed by atoms with Crippen molar-refractivity contribution in [2.75, 3.05) is 11.9 Å². The van der Waals surface area contributed by atoms with Gasteiger partial charge in [0, 0.05) is 11.9 Å². The summed E-state index contributed by atoms with van der Waals surface area (Å²) in [6.07, 6.45) is 0. The minimum Gasteiger partial charge on any atom is -0.337 e. The van der Waals surface area contributed by atoms with Crippen LogP contribution in [0.5, 0.6) is 0 Å². The summed E-state index contributed by atoms with van der Waals surface area (Å²) >= 11 is 2.61. The number of para-hydroxylation sites is 1. The van der Waals surface area contributed by atoms with Crippen molar-refractivity contribution in [2.45, 2.75) is 16.3 Å². The lowest BCUT2D eigenvalue weighted by atomic mass is 10.2. The Balaban J connectivity index is 1.58. The number of fused-ring (bicyclic) bond motifs is 1. The van der Waals surface area contributed by atoms with E-state index in [4.69, 9.17) is 0 Å². The molecule has 0 unspecified atom stereocenters. The molecule has 1 fully saturated rings. The second-order valence-corrected chi connectivity index (χ2v) is 11.0. The van der Waals surface area contributed by atoms with E-state index in [-0.39, 0.29) is 22.5 Å². The lowest BCUT2D eigenvalue weighted by molar-refractivity contribution is -0.122. The second-order valence-electron chi connectivity index (χ2n) is 7.40. The fourth-order valence-electron chi connectivity index (χ4n) is 3.56. The number of rotatable bonds is 4. The summed E-state index contributed by atoms with van der Waals surface area (Å²) in [7, 11) is -2.07. The first-order chi connectivity index (χ1) is 15.9.